The first kappa shape index (κ1) is 17.3. The Balaban J connectivity index is 1.64. The van der Waals surface area contributed by atoms with E-state index in [1.165, 1.54) is 29.3 Å². The zero-order chi connectivity index (χ0) is 16.9. The Hall–Kier alpha value is -1.54. The number of hydrazone groups is 1. The number of thiophene rings is 1. The lowest BCUT2D eigenvalue weighted by molar-refractivity contribution is 0.0959. The fourth-order valence-corrected chi connectivity index (χ4v) is 3.80. The lowest BCUT2D eigenvalue weighted by Gasteiger charge is -1.98. The summed E-state index contributed by atoms with van der Waals surface area (Å²) < 4.78 is 6.52. The highest BCUT2D eigenvalue weighted by Gasteiger charge is 2.10. The molecule has 0 fully saturated rings. The van der Waals surface area contributed by atoms with Crippen molar-refractivity contribution in [2.45, 2.75) is 9.99 Å². The monoisotopic (exact) mass is 440 g/mol. The lowest BCUT2D eigenvalue weighted by atomic mass is 10.4. The molecule has 0 aliphatic heterocycles. The summed E-state index contributed by atoms with van der Waals surface area (Å²) in [5.74, 6) is 0.285. The van der Waals surface area contributed by atoms with E-state index in [-0.39, 0.29) is 5.91 Å². The molecule has 0 atom stereocenters. The number of hydrogen-bond acceptors (Lipinski definition) is 5. The van der Waals surface area contributed by atoms with Crippen molar-refractivity contribution in [3.8, 4) is 0 Å². The van der Waals surface area contributed by atoms with E-state index < -0.39 is 0 Å². The first-order valence-corrected chi connectivity index (χ1v) is 9.58. The van der Waals surface area contributed by atoms with Gasteiger partial charge in [0, 0.05) is 16.0 Å². The molecular formula is C16H10BrClN2O2S2. The predicted molar refractivity (Wildman–Crippen MR) is 101 cm³/mol. The maximum atomic E-state index is 11.8. The third-order valence-electron chi connectivity index (χ3n) is 2.80. The highest BCUT2D eigenvalue weighted by Crippen LogP contribution is 2.35. The highest BCUT2D eigenvalue weighted by atomic mass is 79.9. The average molecular weight is 442 g/mol. The Morgan fingerprint density at radius 2 is 2.12 bits per heavy atom. The van der Waals surface area contributed by atoms with Crippen LogP contribution in [0.25, 0.3) is 0 Å². The summed E-state index contributed by atoms with van der Waals surface area (Å²) in [5.41, 5.74) is 2.46. The molecule has 3 rings (SSSR count). The summed E-state index contributed by atoms with van der Waals surface area (Å²) in [6.07, 6.45) is 1.46. The van der Waals surface area contributed by atoms with E-state index in [4.69, 9.17) is 16.0 Å². The zero-order valence-corrected chi connectivity index (χ0v) is 16.0. The Bertz CT molecular complexity index is 861. The predicted octanol–water partition coefficient (Wildman–Crippen LogP) is 5.67. The van der Waals surface area contributed by atoms with E-state index >= 15 is 0 Å². The molecule has 0 aliphatic rings. The molecule has 122 valence electrons. The number of amides is 1. The zero-order valence-electron chi connectivity index (χ0n) is 12.0. The molecule has 0 unspecified atom stereocenters. The third kappa shape index (κ3) is 4.51. The number of hydrogen-bond donors (Lipinski definition) is 1. The summed E-state index contributed by atoms with van der Waals surface area (Å²) in [4.78, 5) is 13.4. The van der Waals surface area contributed by atoms with Gasteiger partial charge in [-0.1, -0.05) is 29.4 Å². The number of carbonyl (C=O) groups is 1. The number of benzene rings is 1. The molecule has 1 amide bonds. The van der Waals surface area contributed by atoms with E-state index in [0.717, 1.165) is 9.37 Å². The summed E-state index contributed by atoms with van der Waals surface area (Å²) in [6, 6.07) is 12.8. The van der Waals surface area contributed by atoms with Crippen LogP contribution in [0.1, 0.15) is 15.4 Å². The lowest BCUT2D eigenvalue weighted by Crippen LogP contribution is -2.15. The molecule has 1 aromatic carbocycles. The van der Waals surface area contributed by atoms with Gasteiger partial charge in [0.2, 0.25) is 0 Å². The van der Waals surface area contributed by atoms with Gasteiger partial charge >= 0.3 is 0 Å². The number of nitrogens with one attached hydrogen (secondary N) is 1. The molecule has 0 radical (unpaired) electrons. The van der Waals surface area contributed by atoms with Gasteiger partial charge < -0.3 is 4.42 Å². The maximum absolute atomic E-state index is 11.8. The van der Waals surface area contributed by atoms with E-state index in [0.29, 0.717) is 20.8 Å². The van der Waals surface area contributed by atoms with Crippen LogP contribution in [-0.2, 0) is 0 Å². The molecule has 1 N–H and O–H groups in total. The van der Waals surface area contributed by atoms with E-state index in [1.54, 1.807) is 12.1 Å². The number of rotatable bonds is 5. The molecule has 0 aliphatic carbocycles. The normalized spacial score (nSPS) is 11.1. The molecule has 24 heavy (non-hydrogen) atoms. The number of nitrogens with zero attached hydrogens (tertiary/aromatic N) is 1. The minimum absolute atomic E-state index is 0.248. The van der Waals surface area contributed by atoms with Crippen molar-refractivity contribution in [1.82, 2.24) is 5.43 Å². The molecule has 2 heterocycles. The van der Waals surface area contributed by atoms with Crippen molar-refractivity contribution in [3.63, 3.8) is 0 Å². The Morgan fingerprint density at radius 1 is 1.33 bits per heavy atom. The average Bonchev–Trinajstić information content (AvgIpc) is 3.20. The fraction of sp³-hybridized carbons (Fsp3) is 0. The van der Waals surface area contributed by atoms with Crippen LogP contribution < -0.4 is 5.43 Å². The molecular weight excluding hydrogens is 432 g/mol. The molecule has 8 heteroatoms. The van der Waals surface area contributed by atoms with Crippen LogP contribution >= 0.6 is 50.6 Å². The summed E-state index contributed by atoms with van der Waals surface area (Å²) in [5, 5.41) is 7.13. The van der Waals surface area contributed by atoms with Crippen molar-refractivity contribution in [1.29, 1.82) is 0 Å². The van der Waals surface area contributed by atoms with Gasteiger partial charge in [-0.25, -0.2) is 5.43 Å². The van der Waals surface area contributed by atoms with Crippen molar-refractivity contribution < 1.29 is 9.21 Å². The second-order valence-corrected chi connectivity index (χ2v) is 7.80. The van der Waals surface area contributed by atoms with Crippen molar-refractivity contribution >= 4 is 62.8 Å². The van der Waals surface area contributed by atoms with Crippen molar-refractivity contribution in [2.75, 3.05) is 0 Å². The standard InChI is InChI=1S/C16H10BrClN2O2S2/c17-13-8-11(9-19-20-15(21)14-2-1-7-23-14)22-16(13)24-12-5-3-10(18)4-6-12/h1-9H,(H,20,21)/b19-9+. The molecule has 2 aromatic heterocycles. The van der Waals surface area contributed by atoms with E-state index in [1.807, 2.05) is 35.7 Å². The quantitative estimate of drug-likeness (QED) is 0.410. The largest absolute Gasteiger partial charge is 0.447 e. The van der Waals surface area contributed by atoms with Gasteiger partial charge in [-0.05, 0) is 51.6 Å². The summed E-state index contributed by atoms with van der Waals surface area (Å²) >= 11 is 12.1. The Kier molecular flexibility index (Phi) is 5.78. The van der Waals surface area contributed by atoms with Crippen molar-refractivity contribution in [2.24, 2.45) is 5.10 Å². The number of halogens is 2. The van der Waals surface area contributed by atoms with E-state index in [9.17, 15) is 4.79 Å². The first-order chi connectivity index (χ1) is 11.6. The summed E-state index contributed by atoms with van der Waals surface area (Å²) in [6.45, 7) is 0. The van der Waals surface area contributed by atoms with Gasteiger partial charge in [-0.3, -0.25) is 4.79 Å². The van der Waals surface area contributed by atoms with E-state index in [2.05, 4.69) is 26.5 Å². The fourth-order valence-electron chi connectivity index (χ4n) is 1.73. The second-order valence-electron chi connectivity index (χ2n) is 4.52. The van der Waals surface area contributed by atoms with Crippen LogP contribution in [-0.4, -0.2) is 12.1 Å². The van der Waals surface area contributed by atoms with Gasteiger partial charge in [0.1, 0.15) is 5.76 Å². The first-order valence-electron chi connectivity index (χ1n) is 6.71. The SMILES string of the molecule is O=C(N/N=C/c1cc(Br)c(Sc2ccc(Cl)cc2)o1)c1cccs1. The van der Waals surface area contributed by atoms with Crippen molar-refractivity contribution in [3.05, 3.63) is 68.0 Å². The van der Waals surface area contributed by atoms with Gasteiger partial charge in [0.05, 0.1) is 15.6 Å². The molecule has 3 aromatic rings. The minimum atomic E-state index is -0.248. The van der Waals surface area contributed by atoms with Crippen LogP contribution in [0, 0.1) is 0 Å². The van der Waals surface area contributed by atoms with Crippen LogP contribution in [0.4, 0.5) is 0 Å². The second kappa shape index (κ2) is 8.02. The van der Waals surface area contributed by atoms with Gasteiger partial charge in [-0.2, -0.15) is 5.10 Å². The molecule has 0 saturated heterocycles. The molecule has 0 spiro atoms. The molecule has 0 bridgehead atoms. The topological polar surface area (TPSA) is 54.6 Å². The van der Waals surface area contributed by atoms with Crippen LogP contribution in [0.15, 0.2) is 71.8 Å². The van der Waals surface area contributed by atoms with Crippen LogP contribution in [0.2, 0.25) is 5.02 Å². The van der Waals surface area contributed by atoms with Crippen LogP contribution in [0.5, 0.6) is 0 Å². The minimum Gasteiger partial charge on any atom is -0.447 e. The van der Waals surface area contributed by atoms with Gasteiger partial charge in [0.15, 0.2) is 5.09 Å². The number of furan rings is 1. The third-order valence-corrected chi connectivity index (χ3v) is 5.77. The molecule has 4 nitrogen and oxygen atoms in total. The van der Waals surface area contributed by atoms with Gasteiger partial charge in [-0.15, -0.1) is 11.3 Å². The smallest absolute Gasteiger partial charge is 0.281 e. The summed E-state index contributed by atoms with van der Waals surface area (Å²) in [7, 11) is 0. The number of carbonyl (C=O) groups excluding carboxylic acids is 1. The van der Waals surface area contributed by atoms with Gasteiger partial charge in [0.25, 0.3) is 5.91 Å². The van der Waals surface area contributed by atoms with Crippen LogP contribution in [0.3, 0.4) is 0 Å². The maximum Gasteiger partial charge on any atom is 0.281 e. The Labute approximate surface area is 160 Å². The molecule has 0 saturated carbocycles. The highest BCUT2D eigenvalue weighted by molar-refractivity contribution is 9.10. The Morgan fingerprint density at radius 3 is 2.83 bits per heavy atom.